The van der Waals surface area contributed by atoms with E-state index in [1.165, 1.54) is 53.9 Å². The molecule has 0 spiro atoms. The summed E-state index contributed by atoms with van der Waals surface area (Å²) < 4.78 is 14.2. The van der Waals surface area contributed by atoms with E-state index in [2.05, 4.69) is 282 Å². The van der Waals surface area contributed by atoms with Crippen LogP contribution in [0.5, 0.6) is 0 Å². The van der Waals surface area contributed by atoms with Gasteiger partial charge in [0, 0.05) is 65.2 Å². The fourth-order valence-electron chi connectivity index (χ4n) is 12.8. The molecular weight excluding hydrogens is 929 g/mol. The topological polar surface area (TPSA) is 55.4 Å². The van der Waals surface area contributed by atoms with Gasteiger partial charge < -0.3 is 0 Å². The Balaban J connectivity index is 0.917. The first-order valence-electron chi connectivity index (χ1n) is 25.8. The lowest BCUT2D eigenvalue weighted by atomic mass is 10.1. The van der Waals surface area contributed by atoms with Crippen LogP contribution in [-0.4, -0.2) is 37.4 Å². The number of hydrogen-bond donors (Lipinski definition) is 0. The highest BCUT2D eigenvalue weighted by Crippen LogP contribution is 2.44. The Morgan fingerprint density at radius 3 is 0.750 bits per heavy atom. The average molecular weight is 971 g/mol. The lowest BCUT2D eigenvalue weighted by Gasteiger charge is -2.16. The molecule has 8 heteroatoms. The van der Waals surface area contributed by atoms with Crippen LogP contribution in [-0.2, 0) is 0 Å². The van der Waals surface area contributed by atoms with E-state index in [0.717, 1.165) is 90.1 Å². The number of nitrogens with zero attached hydrogens (tertiary/aromatic N) is 8. The maximum atomic E-state index is 5.60. The summed E-state index contributed by atoms with van der Waals surface area (Å²) in [5, 5.41) is 11.9. The fourth-order valence-corrected chi connectivity index (χ4v) is 12.8. The van der Waals surface area contributed by atoms with Gasteiger partial charge in [0.05, 0.1) is 44.1 Å². The molecule has 0 unspecified atom stereocenters. The maximum Gasteiger partial charge on any atom is 0.141 e. The van der Waals surface area contributed by atoms with Crippen molar-refractivity contribution in [2.24, 2.45) is 0 Å². The first-order valence-corrected chi connectivity index (χ1v) is 25.8. The molecule has 8 heterocycles. The molecule has 0 aliphatic rings. The molecule has 17 rings (SSSR count). The number of aromatic nitrogens is 8. The van der Waals surface area contributed by atoms with Crippen LogP contribution in [0, 0.1) is 0 Å². The summed E-state index contributed by atoms with van der Waals surface area (Å²) in [6.07, 6.45) is 0. The Bertz CT molecular complexity index is 4830. The Kier molecular flexibility index (Phi) is 8.40. The highest BCUT2D eigenvalue weighted by atomic mass is 15.2. The van der Waals surface area contributed by atoms with Crippen LogP contribution in [0.2, 0.25) is 0 Å². The summed E-state index contributed by atoms with van der Waals surface area (Å²) in [6, 6.07) is 91.6. The monoisotopic (exact) mass is 970 g/mol. The Hall–Kier alpha value is -10.4. The van der Waals surface area contributed by atoms with E-state index in [4.69, 9.17) is 9.97 Å². The Labute approximate surface area is 434 Å². The van der Waals surface area contributed by atoms with E-state index in [1.807, 2.05) is 0 Å². The smallest absolute Gasteiger partial charge is 0.141 e. The Morgan fingerprint density at radius 1 is 0.197 bits per heavy atom. The van der Waals surface area contributed by atoms with E-state index in [1.54, 1.807) is 0 Å². The molecule has 0 N–H and O–H groups in total. The van der Waals surface area contributed by atoms with Crippen molar-refractivity contribution in [3.8, 4) is 34.6 Å². The normalized spacial score (nSPS) is 12.2. The highest BCUT2D eigenvalue weighted by Gasteiger charge is 2.26. The van der Waals surface area contributed by atoms with Crippen LogP contribution in [0.25, 0.3) is 144 Å². The summed E-state index contributed by atoms with van der Waals surface area (Å²) in [5.74, 6) is 3.40. The summed E-state index contributed by atoms with van der Waals surface area (Å²) in [7, 11) is 0. The van der Waals surface area contributed by atoms with Gasteiger partial charge in [-0.15, -0.1) is 0 Å². The van der Waals surface area contributed by atoms with Crippen LogP contribution in [0.4, 0.5) is 0 Å². The number of para-hydroxylation sites is 8. The Morgan fingerprint density at radius 2 is 0.434 bits per heavy atom. The van der Waals surface area contributed by atoms with Crippen LogP contribution in [0.1, 0.15) is 0 Å². The molecule has 0 bridgehead atoms. The third kappa shape index (κ3) is 5.56. The molecule has 0 aliphatic heterocycles. The van der Waals surface area contributed by atoms with E-state index < -0.39 is 0 Å². The average Bonchev–Trinajstić information content (AvgIpc) is 4.40. The summed E-state index contributed by atoms with van der Waals surface area (Å²) in [5.41, 5.74) is 13.1. The number of hydrogen-bond acceptors (Lipinski definition) is 2. The van der Waals surface area contributed by atoms with Crippen molar-refractivity contribution in [2.75, 3.05) is 0 Å². The van der Waals surface area contributed by atoms with Crippen molar-refractivity contribution < 1.29 is 0 Å². The van der Waals surface area contributed by atoms with Gasteiger partial charge in [0.25, 0.3) is 0 Å². The molecule has 0 fully saturated rings. The van der Waals surface area contributed by atoms with E-state index in [9.17, 15) is 0 Å². The molecule has 17 aromatic rings. The fraction of sp³-hybridized carbons (Fsp3) is 0. The predicted molar refractivity (Wildman–Crippen MR) is 313 cm³/mol. The van der Waals surface area contributed by atoms with Crippen LogP contribution < -0.4 is 0 Å². The third-order valence-corrected chi connectivity index (χ3v) is 15.8. The lowest BCUT2D eigenvalue weighted by molar-refractivity contribution is 0.981. The SMILES string of the molecule is c1cc(-n2c3ccccc3c3c4ccccc4n(-c4cccc(-n5c6ccccc6c6ccccc65)n4)c32)cc(-n2c3ccccc3c3c4ccccc4n(-c4cccc(-n5c6ccccc6c6ccccc65)n4)c32)c1. The van der Waals surface area contributed by atoms with Crippen molar-refractivity contribution in [3.05, 3.63) is 255 Å². The summed E-state index contributed by atoms with van der Waals surface area (Å²) >= 11 is 0. The molecule has 9 aromatic carbocycles. The second kappa shape index (κ2) is 15.5. The number of rotatable bonds is 6. The van der Waals surface area contributed by atoms with Crippen molar-refractivity contribution in [3.63, 3.8) is 0 Å². The van der Waals surface area contributed by atoms with Crippen molar-refractivity contribution in [1.29, 1.82) is 0 Å². The van der Waals surface area contributed by atoms with Crippen LogP contribution in [0.3, 0.4) is 0 Å². The van der Waals surface area contributed by atoms with Crippen LogP contribution >= 0.6 is 0 Å². The van der Waals surface area contributed by atoms with Gasteiger partial charge in [0.1, 0.15) is 34.6 Å². The molecule has 0 saturated heterocycles. The highest BCUT2D eigenvalue weighted by molar-refractivity contribution is 6.24. The summed E-state index contributed by atoms with van der Waals surface area (Å²) in [4.78, 5) is 11.2. The van der Waals surface area contributed by atoms with E-state index in [0.29, 0.717) is 0 Å². The molecule has 0 radical (unpaired) electrons. The first kappa shape index (κ1) is 41.1. The minimum Gasteiger partial charge on any atom is -0.295 e. The number of benzene rings is 9. The van der Waals surface area contributed by atoms with Crippen molar-refractivity contribution in [1.82, 2.24) is 37.4 Å². The van der Waals surface area contributed by atoms with Crippen molar-refractivity contribution in [2.45, 2.75) is 0 Å². The van der Waals surface area contributed by atoms with Gasteiger partial charge >= 0.3 is 0 Å². The van der Waals surface area contributed by atoms with E-state index in [-0.39, 0.29) is 0 Å². The van der Waals surface area contributed by atoms with E-state index >= 15 is 0 Å². The van der Waals surface area contributed by atoms with Gasteiger partial charge in [-0.1, -0.05) is 164 Å². The second-order valence-electron chi connectivity index (χ2n) is 19.8. The molecule has 8 nitrogen and oxygen atoms in total. The maximum absolute atomic E-state index is 5.60. The van der Waals surface area contributed by atoms with Gasteiger partial charge in [0.15, 0.2) is 0 Å². The largest absolute Gasteiger partial charge is 0.295 e. The molecule has 354 valence electrons. The zero-order valence-electron chi connectivity index (χ0n) is 40.8. The van der Waals surface area contributed by atoms with Gasteiger partial charge in [-0.25, -0.2) is 9.97 Å². The standard InChI is InChI=1S/C68H42N8/c1-9-30-53-45(22-1)46-23-2-10-31-54(46)73(53)61-38-18-40-63(69-61)75-59-36-15-7-28-51(59)65-49-26-5-13-34-57(49)71(67(65)75)43-20-17-21-44(42-43)72-58-35-14-6-27-50(58)66-52-29-8-16-37-60(52)76(68(66)72)64-41-19-39-62(70-64)74-55-32-11-3-24-47(55)48-25-4-12-33-56(48)74/h1-42H. The van der Waals surface area contributed by atoms with Gasteiger partial charge in [-0.2, -0.15) is 0 Å². The van der Waals surface area contributed by atoms with Gasteiger partial charge in [0.2, 0.25) is 0 Å². The molecule has 0 saturated carbocycles. The molecule has 0 aliphatic carbocycles. The third-order valence-electron chi connectivity index (χ3n) is 15.8. The predicted octanol–water partition coefficient (Wildman–Crippen LogP) is 16.8. The van der Waals surface area contributed by atoms with Gasteiger partial charge in [-0.05, 0) is 91.0 Å². The van der Waals surface area contributed by atoms with Gasteiger partial charge in [-0.3, -0.25) is 27.4 Å². The quantitative estimate of drug-likeness (QED) is 0.167. The molecule has 0 amide bonds. The molecular formula is C68H42N8. The number of pyridine rings is 2. The zero-order chi connectivity index (χ0) is 49.6. The first-order chi connectivity index (χ1) is 37.8. The second-order valence-corrected chi connectivity index (χ2v) is 19.8. The minimum atomic E-state index is 0.837. The number of fused-ring (bicyclic) bond motifs is 16. The minimum absolute atomic E-state index is 0.837. The van der Waals surface area contributed by atoms with Crippen LogP contribution in [0.15, 0.2) is 255 Å². The lowest BCUT2D eigenvalue weighted by Crippen LogP contribution is -2.07. The molecule has 76 heavy (non-hydrogen) atoms. The molecule has 0 atom stereocenters. The van der Waals surface area contributed by atoms with Crippen molar-refractivity contribution >= 4 is 109 Å². The molecule has 8 aromatic heterocycles. The zero-order valence-corrected chi connectivity index (χ0v) is 40.8. The summed E-state index contributed by atoms with van der Waals surface area (Å²) in [6.45, 7) is 0.